The first kappa shape index (κ1) is 50.7. The molecular weight excluding hydrogens is 910 g/mol. The van der Waals surface area contributed by atoms with Crippen LogP contribution in [0.15, 0.2) is 120 Å². The van der Waals surface area contributed by atoms with Crippen molar-refractivity contribution in [3.05, 3.63) is 158 Å². The number of nitrogens with one attached hydrogen (secondary N) is 1. The van der Waals surface area contributed by atoms with E-state index in [-0.39, 0.29) is 74.1 Å². The molecule has 0 aromatic heterocycles. The van der Waals surface area contributed by atoms with Crippen LogP contribution in [0.1, 0.15) is 74.5 Å². The minimum atomic E-state index is -1.77. The molecular formula is C51H56FN5O13. The van der Waals surface area contributed by atoms with E-state index in [1.807, 2.05) is 0 Å². The Morgan fingerprint density at radius 3 is 2.19 bits per heavy atom. The van der Waals surface area contributed by atoms with Gasteiger partial charge in [0.1, 0.15) is 35.7 Å². The lowest BCUT2D eigenvalue weighted by molar-refractivity contribution is -0.385. The minimum Gasteiger partial charge on any atom is -0.459 e. The van der Waals surface area contributed by atoms with Gasteiger partial charge < -0.3 is 39.3 Å². The lowest BCUT2D eigenvalue weighted by atomic mass is 9.55. The van der Waals surface area contributed by atoms with Gasteiger partial charge in [0.2, 0.25) is 5.79 Å². The van der Waals surface area contributed by atoms with Crippen LogP contribution in [0.2, 0.25) is 0 Å². The summed E-state index contributed by atoms with van der Waals surface area (Å²) in [5, 5.41) is 50.3. The number of nitro groups is 2. The summed E-state index contributed by atoms with van der Waals surface area (Å²) in [5.41, 5.74) is 2.56. The standard InChI is InChI=1S/C51H56FN5O13/c1-3-27-66-51-46(55(31-33-11-15-36(52)16-12-33)50(61)69-39-21-19-38(20-22-39)57(64)65)30-44(54-67-32-34-13-17-37(18-14-34)56(62)63)42-28-35(9-5-7-25-58)41(10-6-8-26-59)47(48(42)51)43-29-40(23-24-45(43)70-51)68-49(60)53-4-2/h3,11-24,28-29,35,41,46-48,58-59H,1,4-10,25-27,30-32H2,2H3,(H,53,60). The zero-order chi connectivity index (χ0) is 49.8. The van der Waals surface area contributed by atoms with E-state index in [1.165, 1.54) is 65.6 Å². The molecule has 2 amide bonds. The number of aliphatic hydroxyl groups excluding tert-OH is 2. The van der Waals surface area contributed by atoms with Gasteiger partial charge in [-0.25, -0.2) is 14.0 Å². The van der Waals surface area contributed by atoms with Crippen molar-refractivity contribution in [1.82, 2.24) is 10.2 Å². The summed E-state index contributed by atoms with van der Waals surface area (Å²) >= 11 is 0. The number of hydrogen-bond acceptors (Lipinski definition) is 14. The van der Waals surface area contributed by atoms with Crippen LogP contribution in [-0.4, -0.2) is 81.1 Å². The third-order valence-corrected chi connectivity index (χ3v) is 12.9. The SMILES string of the molecule is C=CCOC12Oc3ccc(OC(=O)NCC)cc3C3C(CCCCO)C(CCCCO)C=C(C(=NOCc4ccc([N+](=O)[O-])cc4)CC1N(Cc1ccc(F)cc1)C(=O)Oc1ccc([N+](=O)[O-])cc1)C32. The lowest BCUT2D eigenvalue weighted by Gasteiger charge is -2.59. The second kappa shape index (κ2) is 23.4. The van der Waals surface area contributed by atoms with E-state index in [0.29, 0.717) is 78.8 Å². The average molecular weight is 966 g/mol. The number of oxime groups is 1. The van der Waals surface area contributed by atoms with Crippen LogP contribution in [-0.2, 0) is 22.7 Å². The monoisotopic (exact) mass is 965 g/mol. The maximum atomic E-state index is 15.0. The molecule has 2 aliphatic carbocycles. The molecule has 0 spiro atoms. The fraction of sp³-hybridized carbons (Fsp3) is 0.392. The first-order valence-electron chi connectivity index (χ1n) is 23.3. The van der Waals surface area contributed by atoms with Crippen LogP contribution in [0, 0.1) is 43.8 Å². The number of halogens is 1. The van der Waals surface area contributed by atoms with E-state index in [4.69, 9.17) is 28.9 Å². The molecule has 70 heavy (non-hydrogen) atoms. The van der Waals surface area contributed by atoms with Gasteiger partial charge in [-0.2, -0.15) is 0 Å². The Bertz CT molecular complexity index is 2560. The van der Waals surface area contributed by atoms with E-state index >= 15 is 4.79 Å². The van der Waals surface area contributed by atoms with Crippen LogP contribution < -0.4 is 19.5 Å². The molecule has 1 heterocycles. The predicted octanol–water partition coefficient (Wildman–Crippen LogP) is 9.29. The van der Waals surface area contributed by atoms with Crippen LogP contribution in [0.3, 0.4) is 0 Å². The third-order valence-electron chi connectivity index (χ3n) is 12.9. The number of hydrogen-bond donors (Lipinski definition) is 3. The fourth-order valence-electron chi connectivity index (χ4n) is 9.78. The normalized spacial score (nSPS) is 21.5. The molecule has 3 N–H and O–H groups in total. The molecule has 6 unspecified atom stereocenters. The molecule has 7 rings (SSSR count). The van der Waals surface area contributed by atoms with Crippen molar-refractivity contribution in [3.63, 3.8) is 0 Å². The molecule has 6 atom stereocenters. The summed E-state index contributed by atoms with van der Waals surface area (Å²) < 4.78 is 40.5. The summed E-state index contributed by atoms with van der Waals surface area (Å²) in [5.74, 6) is -3.29. The second-order valence-corrected chi connectivity index (χ2v) is 17.3. The number of nitro benzene ring substituents is 2. The Morgan fingerprint density at radius 1 is 0.900 bits per heavy atom. The highest BCUT2D eigenvalue weighted by Crippen LogP contribution is 2.62. The molecule has 4 aromatic carbocycles. The molecule has 1 fully saturated rings. The maximum Gasteiger partial charge on any atom is 0.416 e. The molecule has 0 bridgehead atoms. The number of carbonyl (C=O) groups is 2. The van der Waals surface area contributed by atoms with Crippen LogP contribution in [0.4, 0.5) is 25.4 Å². The van der Waals surface area contributed by atoms with Crippen molar-refractivity contribution >= 4 is 29.3 Å². The topological polar surface area (TPSA) is 235 Å². The molecule has 1 aliphatic heterocycles. The molecule has 370 valence electrons. The van der Waals surface area contributed by atoms with Gasteiger partial charge in [0.15, 0.2) is 0 Å². The van der Waals surface area contributed by atoms with Gasteiger partial charge >= 0.3 is 12.2 Å². The van der Waals surface area contributed by atoms with E-state index in [2.05, 4.69) is 18.0 Å². The van der Waals surface area contributed by atoms with E-state index in [9.17, 15) is 39.6 Å². The first-order chi connectivity index (χ1) is 33.9. The molecule has 0 saturated heterocycles. The maximum absolute atomic E-state index is 15.0. The zero-order valence-electron chi connectivity index (χ0n) is 38.7. The first-order valence-corrected chi connectivity index (χ1v) is 23.3. The van der Waals surface area contributed by atoms with Crippen LogP contribution in [0.5, 0.6) is 17.2 Å². The van der Waals surface area contributed by atoms with Gasteiger partial charge in [0.25, 0.3) is 11.4 Å². The molecule has 18 nitrogen and oxygen atoms in total. The highest BCUT2D eigenvalue weighted by atomic mass is 19.1. The number of nitrogens with zero attached hydrogens (tertiary/aromatic N) is 4. The average Bonchev–Trinajstić information content (AvgIpc) is 3.35. The number of carbonyl (C=O) groups excluding carboxylic acids is 2. The number of aliphatic hydroxyl groups is 2. The smallest absolute Gasteiger partial charge is 0.416 e. The quantitative estimate of drug-likeness (QED) is 0.0289. The number of non-ortho nitro benzene ring substituents is 2. The van der Waals surface area contributed by atoms with Gasteiger partial charge in [-0.15, -0.1) is 6.58 Å². The Hall–Kier alpha value is -7.22. The van der Waals surface area contributed by atoms with Crippen LogP contribution >= 0.6 is 0 Å². The number of unbranched alkanes of at least 4 members (excludes halogenated alkanes) is 2. The van der Waals surface area contributed by atoms with Gasteiger partial charge in [0, 0.05) is 68.5 Å². The van der Waals surface area contributed by atoms with Crippen molar-refractivity contribution in [1.29, 1.82) is 0 Å². The van der Waals surface area contributed by atoms with Crippen molar-refractivity contribution in [2.45, 2.75) is 82.8 Å². The van der Waals surface area contributed by atoms with E-state index in [1.54, 1.807) is 43.3 Å². The minimum absolute atomic E-state index is 0.00255. The molecule has 1 saturated carbocycles. The summed E-state index contributed by atoms with van der Waals surface area (Å²) in [6, 6.07) is 20.4. The van der Waals surface area contributed by atoms with Crippen molar-refractivity contribution < 1.29 is 57.8 Å². The fourth-order valence-corrected chi connectivity index (χ4v) is 9.78. The number of amides is 2. The third kappa shape index (κ3) is 11.6. The van der Waals surface area contributed by atoms with Gasteiger partial charge in [0.05, 0.1) is 28.1 Å². The van der Waals surface area contributed by atoms with E-state index < -0.39 is 51.5 Å². The van der Waals surface area contributed by atoms with Gasteiger partial charge in [-0.3, -0.25) is 25.1 Å². The number of fused-ring (bicyclic) bond motifs is 2. The largest absolute Gasteiger partial charge is 0.459 e. The summed E-state index contributed by atoms with van der Waals surface area (Å²) in [4.78, 5) is 57.3. The predicted molar refractivity (Wildman–Crippen MR) is 254 cm³/mol. The summed E-state index contributed by atoms with van der Waals surface area (Å²) in [6.07, 6.45) is 5.70. The highest BCUT2D eigenvalue weighted by molar-refractivity contribution is 6.03. The van der Waals surface area contributed by atoms with Crippen molar-refractivity contribution in [2.24, 2.45) is 22.9 Å². The molecule has 4 aromatic rings. The van der Waals surface area contributed by atoms with Crippen LogP contribution in [0.25, 0.3) is 0 Å². The highest BCUT2D eigenvalue weighted by Gasteiger charge is 2.66. The second-order valence-electron chi connectivity index (χ2n) is 17.3. The Labute approximate surface area is 403 Å². The Balaban J connectivity index is 1.45. The van der Waals surface area contributed by atoms with Crippen molar-refractivity contribution in [2.75, 3.05) is 26.4 Å². The summed E-state index contributed by atoms with van der Waals surface area (Å²) in [6.45, 7) is 5.68. The molecule has 19 heteroatoms. The Kier molecular flexibility index (Phi) is 16.9. The zero-order valence-corrected chi connectivity index (χ0v) is 38.7. The molecule has 3 aliphatic rings. The Morgan fingerprint density at radius 2 is 1.54 bits per heavy atom. The van der Waals surface area contributed by atoms with E-state index in [0.717, 1.165) is 0 Å². The number of allylic oxidation sites excluding steroid dienone is 1. The number of ether oxygens (including phenoxy) is 4. The molecule has 0 radical (unpaired) electrons. The lowest BCUT2D eigenvalue weighted by Crippen LogP contribution is -2.70. The van der Waals surface area contributed by atoms with Gasteiger partial charge in [-0.1, -0.05) is 42.3 Å². The van der Waals surface area contributed by atoms with Gasteiger partial charge in [-0.05, 0) is 116 Å². The summed E-state index contributed by atoms with van der Waals surface area (Å²) in [7, 11) is 0. The van der Waals surface area contributed by atoms with Crippen molar-refractivity contribution in [3.8, 4) is 17.2 Å². The number of rotatable bonds is 22. The number of benzene rings is 4.